The lowest BCUT2D eigenvalue weighted by Gasteiger charge is -2.12. The fourth-order valence-electron chi connectivity index (χ4n) is 2.30. The van der Waals surface area contributed by atoms with Crippen LogP contribution in [0, 0.1) is 0 Å². The van der Waals surface area contributed by atoms with Crippen molar-refractivity contribution in [2.75, 3.05) is 5.32 Å². The molecular formula is C16H15ClN6O2. The summed E-state index contributed by atoms with van der Waals surface area (Å²) in [6, 6.07) is 7.82. The van der Waals surface area contributed by atoms with Crippen LogP contribution in [0.5, 0.6) is 0 Å². The summed E-state index contributed by atoms with van der Waals surface area (Å²) >= 11 is 6.24. The number of nitrogens with one attached hydrogen (secondary N) is 1. The molecule has 3 rings (SSSR count). The van der Waals surface area contributed by atoms with E-state index in [9.17, 15) is 9.59 Å². The minimum Gasteiger partial charge on any atom is -0.319 e. The first-order chi connectivity index (χ1) is 12.1. The number of hydrogen-bond donors (Lipinski definition) is 1. The van der Waals surface area contributed by atoms with Gasteiger partial charge in [0.05, 0.1) is 10.7 Å². The van der Waals surface area contributed by atoms with Gasteiger partial charge in [0.15, 0.2) is 0 Å². The van der Waals surface area contributed by atoms with Crippen molar-refractivity contribution in [2.45, 2.75) is 19.9 Å². The van der Waals surface area contributed by atoms with Gasteiger partial charge in [0, 0.05) is 12.6 Å². The molecule has 1 N–H and O–H groups in total. The average Bonchev–Trinajstić information content (AvgIpc) is 3.11. The first kappa shape index (κ1) is 16.8. The molecule has 0 bridgehead atoms. The number of amides is 1. The van der Waals surface area contributed by atoms with Gasteiger partial charge in [-0.3, -0.25) is 9.59 Å². The minimum atomic E-state index is -0.450. The minimum absolute atomic E-state index is 0.137. The van der Waals surface area contributed by atoms with Crippen LogP contribution in [0.15, 0.2) is 47.8 Å². The second-order valence-corrected chi connectivity index (χ2v) is 5.62. The summed E-state index contributed by atoms with van der Waals surface area (Å²) in [6.45, 7) is 2.37. The molecule has 0 saturated carbocycles. The zero-order chi connectivity index (χ0) is 17.8. The number of carbonyl (C=O) groups excluding carboxylic acids is 1. The second-order valence-electron chi connectivity index (χ2n) is 5.21. The van der Waals surface area contributed by atoms with Crippen molar-refractivity contribution in [3.63, 3.8) is 0 Å². The number of carbonyl (C=O) groups is 1. The van der Waals surface area contributed by atoms with Crippen molar-refractivity contribution in [3.05, 3.63) is 64.1 Å². The maximum Gasteiger partial charge on any atom is 0.276 e. The van der Waals surface area contributed by atoms with Crippen LogP contribution in [0.1, 0.15) is 23.8 Å². The number of rotatable bonds is 5. The van der Waals surface area contributed by atoms with E-state index in [1.165, 1.54) is 34.2 Å². The topological polar surface area (TPSA) is 94.7 Å². The summed E-state index contributed by atoms with van der Waals surface area (Å²) in [5.74, 6) is -0.450. The lowest BCUT2D eigenvalue weighted by Crippen LogP contribution is -2.26. The van der Waals surface area contributed by atoms with E-state index in [0.717, 1.165) is 6.42 Å². The number of anilines is 1. The van der Waals surface area contributed by atoms with Crippen molar-refractivity contribution in [1.29, 1.82) is 0 Å². The van der Waals surface area contributed by atoms with Gasteiger partial charge >= 0.3 is 0 Å². The maximum absolute atomic E-state index is 12.5. The molecule has 8 nitrogen and oxygen atoms in total. The van der Waals surface area contributed by atoms with Crippen molar-refractivity contribution >= 4 is 23.2 Å². The SMILES string of the molecule is CCCn1nc(C(=O)Nc2cccc(Cl)c2-n2cncn2)ccc1=O. The van der Waals surface area contributed by atoms with Crippen LogP contribution in [-0.4, -0.2) is 30.5 Å². The Balaban J connectivity index is 1.93. The molecule has 0 aliphatic carbocycles. The van der Waals surface area contributed by atoms with Gasteiger partial charge in [-0.1, -0.05) is 24.6 Å². The Morgan fingerprint density at radius 1 is 1.28 bits per heavy atom. The number of halogens is 1. The van der Waals surface area contributed by atoms with E-state index in [0.29, 0.717) is 22.9 Å². The third-order valence-corrected chi connectivity index (χ3v) is 3.72. The van der Waals surface area contributed by atoms with Gasteiger partial charge in [-0.05, 0) is 24.6 Å². The van der Waals surface area contributed by atoms with Crippen LogP contribution in [-0.2, 0) is 6.54 Å². The van der Waals surface area contributed by atoms with Gasteiger partial charge in [-0.2, -0.15) is 10.2 Å². The van der Waals surface area contributed by atoms with Gasteiger partial charge in [0.25, 0.3) is 11.5 Å². The Hall–Kier alpha value is -3.00. The highest BCUT2D eigenvalue weighted by Gasteiger charge is 2.15. The molecule has 128 valence electrons. The number of aromatic nitrogens is 5. The van der Waals surface area contributed by atoms with Crippen LogP contribution in [0.25, 0.3) is 5.69 Å². The first-order valence-electron chi connectivity index (χ1n) is 7.63. The van der Waals surface area contributed by atoms with Crippen molar-refractivity contribution in [1.82, 2.24) is 24.5 Å². The second kappa shape index (κ2) is 7.27. The molecule has 0 unspecified atom stereocenters. The van der Waals surface area contributed by atoms with Gasteiger partial charge < -0.3 is 5.32 Å². The molecular weight excluding hydrogens is 344 g/mol. The van der Waals surface area contributed by atoms with Crippen molar-refractivity contribution in [3.8, 4) is 5.69 Å². The lowest BCUT2D eigenvalue weighted by molar-refractivity contribution is 0.101. The van der Waals surface area contributed by atoms with E-state index >= 15 is 0 Å². The van der Waals surface area contributed by atoms with E-state index in [-0.39, 0.29) is 11.3 Å². The molecule has 0 saturated heterocycles. The summed E-state index contributed by atoms with van der Waals surface area (Å²) in [4.78, 5) is 28.2. The molecule has 0 aliphatic rings. The highest BCUT2D eigenvalue weighted by molar-refractivity contribution is 6.33. The third-order valence-electron chi connectivity index (χ3n) is 3.42. The number of para-hydroxylation sites is 1. The monoisotopic (exact) mass is 358 g/mol. The fraction of sp³-hybridized carbons (Fsp3) is 0.188. The predicted octanol–water partition coefficient (Wildman–Crippen LogP) is 2.14. The third kappa shape index (κ3) is 3.58. The van der Waals surface area contributed by atoms with E-state index < -0.39 is 5.91 Å². The standard InChI is InChI=1S/C16H15ClN6O2/c1-2-8-22-14(24)7-6-13(21-22)16(25)20-12-5-3-4-11(17)15(12)23-10-18-9-19-23/h3-7,9-10H,2,8H2,1H3,(H,20,25). The van der Waals surface area contributed by atoms with Crippen LogP contribution < -0.4 is 10.9 Å². The van der Waals surface area contributed by atoms with Gasteiger partial charge in [-0.15, -0.1) is 0 Å². The van der Waals surface area contributed by atoms with Gasteiger partial charge in [0.1, 0.15) is 24.0 Å². The molecule has 0 atom stereocenters. The summed E-state index contributed by atoms with van der Waals surface area (Å²) in [7, 11) is 0. The van der Waals surface area contributed by atoms with Crippen LogP contribution in [0.2, 0.25) is 5.02 Å². The van der Waals surface area contributed by atoms with E-state index in [4.69, 9.17) is 11.6 Å². The van der Waals surface area contributed by atoms with E-state index in [1.807, 2.05) is 6.92 Å². The smallest absolute Gasteiger partial charge is 0.276 e. The normalized spacial score (nSPS) is 10.6. The van der Waals surface area contributed by atoms with Gasteiger partial charge in [-0.25, -0.2) is 14.3 Å². The van der Waals surface area contributed by atoms with Crippen LogP contribution in [0.3, 0.4) is 0 Å². The summed E-state index contributed by atoms with van der Waals surface area (Å²) < 4.78 is 2.73. The van der Waals surface area contributed by atoms with E-state index in [2.05, 4.69) is 20.5 Å². The fourth-order valence-corrected chi connectivity index (χ4v) is 2.56. The highest BCUT2D eigenvalue weighted by atomic mass is 35.5. The Morgan fingerprint density at radius 3 is 2.84 bits per heavy atom. The van der Waals surface area contributed by atoms with Gasteiger partial charge in [0.2, 0.25) is 0 Å². The zero-order valence-electron chi connectivity index (χ0n) is 13.4. The summed E-state index contributed by atoms with van der Waals surface area (Å²) in [6.07, 6.45) is 3.59. The molecule has 3 aromatic rings. The van der Waals surface area contributed by atoms with Crippen LogP contribution >= 0.6 is 11.6 Å². The Bertz CT molecular complexity index is 952. The zero-order valence-corrected chi connectivity index (χ0v) is 14.1. The maximum atomic E-state index is 12.5. The summed E-state index contributed by atoms with van der Waals surface area (Å²) in [5, 5.41) is 11.3. The number of nitrogens with zero attached hydrogens (tertiary/aromatic N) is 5. The average molecular weight is 359 g/mol. The molecule has 2 heterocycles. The highest BCUT2D eigenvalue weighted by Crippen LogP contribution is 2.27. The molecule has 25 heavy (non-hydrogen) atoms. The largest absolute Gasteiger partial charge is 0.319 e. The molecule has 0 spiro atoms. The number of benzene rings is 1. The Morgan fingerprint density at radius 2 is 2.12 bits per heavy atom. The van der Waals surface area contributed by atoms with Crippen LogP contribution in [0.4, 0.5) is 5.69 Å². The number of aryl methyl sites for hydroxylation is 1. The Labute approximate surface area is 148 Å². The Kier molecular flexibility index (Phi) is 4.90. The molecule has 0 fully saturated rings. The molecule has 0 aliphatic heterocycles. The quantitative estimate of drug-likeness (QED) is 0.754. The van der Waals surface area contributed by atoms with Crippen molar-refractivity contribution in [2.24, 2.45) is 0 Å². The number of hydrogen-bond acceptors (Lipinski definition) is 5. The molecule has 2 aromatic heterocycles. The summed E-state index contributed by atoms with van der Waals surface area (Å²) in [5.41, 5.74) is 0.844. The lowest BCUT2D eigenvalue weighted by atomic mass is 10.2. The van der Waals surface area contributed by atoms with E-state index in [1.54, 1.807) is 18.2 Å². The molecule has 0 radical (unpaired) electrons. The predicted molar refractivity (Wildman–Crippen MR) is 93.1 cm³/mol. The first-order valence-corrected chi connectivity index (χ1v) is 8.01. The van der Waals surface area contributed by atoms with Crippen molar-refractivity contribution < 1.29 is 4.79 Å². The molecule has 1 amide bonds. The molecule has 1 aromatic carbocycles. The molecule has 9 heteroatoms.